The van der Waals surface area contributed by atoms with Crippen molar-refractivity contribution in [2.75, 3.05) is 36.9 Å². The number of rotatable bonds is 2. The molecule has 6 bridgehead atoms. The zero-order valence-corrected chi connectivity index (χ0v) is 21.7. The summed E-state index contributed by atoms with van der Waals surface area (Å²) in [6.45, 7) is 4.56. The molecule has 39 heavy (non-hydrogen) atoms. The number of anilines is 3. The Balaban J connectivity index is 1.57. The van der Waals surface area contributed by atoms with Gasteiger partial charge in [0.15, 0.2) is 6.61 Å². The predicted octanol–water partition coefficient (Wildman–Crippen LogP) is 4.65. The van der Waals surface area contributed by atoms with Crippen LogP contribution >= 0.6 is 0 Å². The molecule has 4 N–H and O–H groups in total. The maximum atomic E-state index is 12.7. The van der Waals surface area contributed by atoms with E-state index >= 15 is 0 Å². The number of nitrogens with zero attached hydrogens (tertiary/aromatic N) is 2. The van der Waals surface area contributed by atoms with Crippen LogP contribution in [0.25, 0.3) is 0 Å². The van der Waals surface area contributed by atoms with Crippen LogP contribution in [0.1, 0.15) is 36.2 Å². The van der Waals surface area contributed by atoms with Crippen LogP contribution in [-0.2, 0) is 6.54 Å². The molecule has 3 aromatic rings. The number of ether oxygens (including phenoxy) is 2. The highest BCUT2D eigenvalue weighted by Crippen LogP contribution is 2.23. The number of nitrogens with one attached hydrogen (secondary N) is 4. The fraction of sp³-hybridized carbons (Fsp3) is 0.370. The first-order chi connectivity index (χ1) is 18.5. The van der Waals surface area contributed by atoms with Crippen LogP contribution in [0, 0.1) is 0 Å². The molecule has 0 radical (unpaired) electrons. The van der Waals surface area contributed by atoms with Gasteiger partial charge in [0.25, 0.3) is 5.91 Å². The summed E-state index contributed by atoms with van der Waals surface area (Å²) in [5.41, 5.74) is 1.59. The summed E-state index contributed by atoms with van der Waals surface area (Å²) in [4.78, 5) is 21.1. The van der Waals surface area contributed by atoms with Crippen molar-refractivity contribution in [1.29, 1.82) is 0 Å². The number of hydrogen-bond donors (Lipinski definition) is 4. The summed E-state index contributed by atoms with van der Waals surface area (Å²) in [5, 5.41) is 12.4. The van der Waals surface area contributed by atoms with Crippen LogP contribution in [0.5, 0.6) is 11.6 Å². The number of hydrogen-bond acceptors (Lipinski definition) is 8. The first-order valence-corrected chi connectivity index (χ1v) is 12.5. The second-order valence-corrected chi connectivity index (χ2v) is 9.71. The highest BCUT2D eigenvalue weighted by atomic mass is 19.4. The molecule has 2 aromatic carbocycles. The lowest BCUT2D eigenvalue weighted by atomic mass is 10.1. The topological polar surface area (TPSA) is 109 Å². The quantitative estimate of drug-likeness (QED) is 0.369. The van der Waals surface area contributed by atoms with Crippen LogP contribution in [-0.4, -0.2) is 53.9 Å². The highest BCUT2D eigenvalue weighted by molar-refractivity contribution is 5.94. The third-order valence-electron chi connectivity index (χ3n) is 5.77. The second kappa shape index (κ2) is 12.2. The largest absolute Gasteiger partial charge is 0.494 e. The molecule has 9 nitrogen and oxygen atoms in total. The Labute approximate surface area is 224 Å². The van der Waals surface area contributed by atoms with Crippen LogP contribution in [0.2, 0.25) is 0 Å². The van der Waals surface area contributed by atoms with Gasteiger partial charge in [-0.05, 0) is 68.8 Å². The number of amides is 1. The van der Waals surface area contributed by atoms with Gasteiger partial charge < -0.3 is 30.7 Å². The number of carbonyl (C=O) groups excluding carboxylic acids is 1. The predicted molar refractivity (Wildman–Crippen MR) is 142 cm³/mol. The molecule has 7 rings (SSSR count). The molecule has 4 aliphatic heterocycles. The minimum Gasteiger partial charge on any atom is -0.494 e. The molecule has 1 aromatic heterocycles. The molecule has 1 amide bonds. The van der Waals surface area contributed by atoms with E-state index in [2.05, 4.69) is 31.2 Å². The van der Waals surface area contributed by atoms with Crippen molar-refractivity contribution in [3.05, 3.63) is 65.7 Å². The number of aromatic nitrogens is 2. The van der Waals surface area contributed by atoms with Crippen LogP contribution < -0.4 is 30.7 Å². The monoisotopic (exact) mass is 544 g/mol. The summed E-state index contributed by atoms with van der Waals surface area (Å²) in [6, 6.07) is 15.4. The average molecular weight is 545 g/mol. The van der Waals surface area contributed by atoms with E-state index in [4.69, 9.17) is 9.47 Å². The van der Waals surface area contributed by atoms with E-state index in [0.29, 0.717) is 30.9 Å². The van der Waals surface area contributed by atoms with Gasteiger partial charge in [-0.1, -0.05) is 12.1 Å². The van der Waals surface area contributed by atoms with Crippen LogP contribution in [0.4, 0.5) is 30.6 Å². The number of benzene rings is 2. The second-order valence-electron chi connectivity index (χ2n) is 9.71. The standard InChI is InChI=1S/C27H31F3N6O3/c1-26(2)16-32-24(37)19-6-8-20(9-7-19)34-25-35-22(14-23(36-25)39-17-27(28,29)30)31-15-18-4-10-21(11-5-18)38-13-3-12-33-26/h4-11,14,33H,3,12-13,15-17H2,1-2H3,(H,32,37)(H2,31,34,35,36). The van der Waals surface area contributed by atoms with Crippen LogP contribution in [0.3, 0.4) is 0 Å². The molecule has 5 heterocycles. The third kappa shape index (κ3) is 9.02. The molecule has 208 valence electrons. The van der Waals surface area contributed by atoms with E-state index in [1.54, 1.807) is 24.3 Å². The summed E-state index contributed by atoms with van der Waals surface area (Å²) in [6.07, 6.45) is -3.74. The van der Waals surface area contributed by atoms with E-state index in [-0.39, 0.29) is 29.1 Å². The van der Waals surface area contributed by atoms with Crippen molar-refractivity contribution >= 4 is 23.4 Å². The van der Waals surface area contributed by atoms with Gasteiger partial charge in [-0.25, -0.2) is 0 Å². The number of carbonyl (C=O) groups is 1. The number of halogens is 3. The lowest BCUT2D eigenvalue weighted by Gasteiger charge is -2.27. The van der Waals surface area contributed by atoms with Crippen molar-refractivity contribution in [2.45, 2.75) is 38.5 Å². The first kappa shape index (κ1) is 28.0. The maximum absolute atomic E-state index is 12.7. The molecule has 0 saturated heterocycles. The van der Waals surface area contributed by atoms with Gasteiger partial charge in [0.2, 0.25) is 11.8 Å². The van der Waals surface area contributed by atoms with Gasteiger partial charge in [-0.3, -0.25) is 4.79 Å². The van der Waals surface area contributed by atoms with E-state index in [9.17, 15) is 18.0 Å². The Morgan fingerprint density at radius 2 is 1.77 bits per heavy atom. The van der Waals surface area contributed by atoms with Gasteiger partial charge in [-0.2, -0.15) is 23.1 Å². The molecule has 0 aliphatic carbocycles. The van der Waals surface area contributed by atoms with E-state index < -0.39 is 12.8 Å². The van der Waals surface area contributed by atoms with Crippen molar-refractivity contribution in [3.63, 3.8) is 0 Å². The van der Waals surface area contributed by atoms with Crippen molar-refractivity contribution in [1.82, 2.24) is 20.6 Å². The molecule has 4 aliphatic rings. The van der Waals surface area contributed by atoms with Crippen molar-refractivity contribution in [3.8, 4) is 11.6 Å². The molecule has 0 fully saturated rings. The maximum Gasteiger partial charge on any atom is 0.422 e. The van der Waals surface area contributed by atoms with Crippen molar-refractivity contribution < 1.29 is 27.4 Å². The molecule has 0 unspecified atom stereocenters. The Bertz CT molecular complexity index is 1250. The third-order valence-corrected chi connectivity index (χ3v) is 5.77. The Kier molecular flexibility index (Phi) is 8.75. The average Bonchev–Trinajstić information content (AvgIpc) is 2.89. The molecule has 12 heteroatoms. The number of alkyl halides is 3. The molecule has 0 spiro atoms. The first-order valence-electron chi connectivity index (χ1n) is 12.5. The Morgan fingerprint density at radius 3 is 2.49 bits per heavy atom. The zero-order chi connectivity index (χ0) is 27.9. The molecular weight excluding hydrogens is 513 g/mol. The molecule has 0 atom stereocenters. The molecular formula is C27H31F3N6O3. The van der Waals surface area contributed by atoms with Crippen LogP contribution in [0.15, 0.2) is 54.6 Å². The minimum atomic E-state index is -4.52. The smallest absolute Gasteiger partial charge is 0.422 e. The van der Waals surface area contributed by atoms with Gasteiger partial charge in [0, 0.05) is 35.9 Å². The van der Waals surface area contributed by atoms with E-state index in [1.807, 2.05) is 38.1 Å². The van der Waals surface area contributed by atoms with Gasteiger partial charge in [0.1, 0.15) is 11.6 Å². The zero-order valence-electron chi connectivity index (χ0n) is 21.7. The summed E-state index contributed by atoms with van der Waals surface area (Å²) in [5.74, 6) is 0.559. The fourth-order valence-corrected chi connectivity index (χ4v) is 3.69. The normalized spacial score (nSPS) is 16.4. The van der Waals surface area contributed by atoms with E-state index in [1.165, 1.54) is 6.07 Å². The Hall–Kier alpha value is -4.06. The summed E-state index contributed by atoms with van der Waals surface area (Å²) >= 11 is 0. The fourth-order valence-electron chi connectivity index (χ4n) is 3.69. The van der Waals surface area contributed by atoms with Gasteiger partial charge >= 0.3 is 6.18 Å². The lowest BCUT2D eigenvalue weighted by Crippen LogP contribution is -2.49. The highest BCUT2D eigenvalue weighted by Gasteiger charge is 2.29. The van der Waals surface area contributed by atoms with Gasteiger partial charge in [-0.15, -0.1) is 0 Å². The van der Waals surface area contributed by atoms with Crippen molar-refractivity contribution in [2.24, 2.45) is 0 Å². The van der Waals surface area contributed by atoms with Gasteiger partial charge in [0.05, 0.1) is 6.61 Å². The SMILES string of the molecule is CC1(C)CNC(=O)c2ccc(cc2)Nc2nc(cc(OCC(F)(F)F)n2)NCc2ccc(cc2)OCCCN1. The minimum absolute atomic E-state index is 0.0318. The van der Waals surface area contributed by atoms with E-state index in [0.717, 1.165) is 24.3 Å². The summed E-state index contributed by atoms with van der Waals surface area (Å²) in [7, 11) is 0. The Morgan fingerprint density at radius 1 is 1.03 bits per heavy atom. The summed E-state index contributed by atoms with van der Waals surface area (Å²) < 4.78 is 48.9. The molecule has 0 saturated carbocycles. The lowest BCUT2D eigenvalue weighted by molar-refractivity contribution is -0.154.